The summed E-state index contributed by atoms with van der Waals surface area (Å²) in [6.45, 7) is 21.2. The summed E-state index contributed by atoms with van der Waals surface area (Å²) in [5.41, 5.74) is 9.52. The van der Waals surface area contributed by atoms with Gasteiger partial charge in [0.25, 0.3) is 0 Å². The van der Waals surface area contributed by atoms with E-state index in [1.807, 2.05) is 12.1 Å². The van der Waals surface area contributed by atoms with Gasteiger partial charge in [0.2, 0.25) is 0 Å². The molecule has 0 radical (unpaired) electrons. The maximum Gasteiger partial charge on any atom is 0.330 e. The first-order valence-corrected chi connectivity index (χ1v) is 17.6. The largest absolute Gasteiger partial charge is 0.463 e. The van der Waals surface area contributed by atoms with Gasteiger partial charge in [0.05, 0.1) is 6.61 Å². The smallest absolute Gasteiger partial charge is 0.330 e. The Bertz CT molecular complexity index is 2020. The summed E-state index contributed by atoms with van der Waals surface area (Å²) in [4.78, 5) is 23.0. The Hall–Kier alpha value is -4.96. The van der Waals surface area contributed by atoms with Crippen LogP contribution in [0.5, 0.6) is 0 Å². The van der Waals surface area contributed by atoms with Gasteiger partial charge >= 0.3 is 11.9 Å². The Labute approximate surface area is 297 Å². The fourth-order valence-electron chi connectivity index (χ4n) is 6.44. The molecule has 0 aliphatic rings. The highest BCUT2D eigenvalue weighted by molar-refractivity contribution is 6.21. The summed E-state index contributed by atoms with van der Waals surface area (Å²) in [5.74, 6) is -0.789. The maximum absolute atomic E-state index is 11.7. The van der Waals surface area contributed by atoms with Crippen molar-refractivity contribution in [2.75, 3.05) is 6.61 Å². The van der Waals surface area contributed by atoms with Gasteiger partial charge in [-0.25, -0.2) is 9.59 Å². The number of ether oxygens (including phenoxy) is 2. The molecule has 0 atom stereocenters. The Morgan fingerprint density at radius 3 is 1.48 bits per heavy atom. The third-order valence-electron chi connectivity index (χ3n) is 9.40. The zero-order valence-electron chi connectivity index (χ0n) is 30.5. The van der Waals surface area contributed by atoms with E-state index < -0.39 is 5.97 Å². The number of hydrogen-bond acceptors (Lipinski definition) is 4. The molecule has 0 aliphatic carbocycles. The summed E-state index contributed by atoms with van der Waals surface area (Å²) >= 11 is 0. The minimum atomic E-state index is -0.428. The van der Waals surface area contributed by atoms with Crippen LogP contribution in [0.2, 0.25) is 0 Å². The van der Waals surface area contributed by atoms with Gasteiger partial charge in [-0.1, -0.05) is 127 Å². The molecule has 0 aliphatic heterocycles. The summed E-state index contributed by atoms with van der Waals surface area (Å²) in [5, 5.41) is 4.88. The lowest BCUT2D eigenvalue weighted by Gasteiger charge is -2.25. The lowest BCUT2D eigenvalue weighted by atomic mass is 9.79. The van der Waals surface area contributed by atoms with E-state index in [0.29, 0.717) is 6.61 Å². The van der Waals surface area contributed by atoms with Crippen LogP contribution in [0.1, 0.15) is 83.1 Å². The molecule has 0 bridgehead atoms. The van der Waals surface area contributed by atoms with Crippen molar-refractivity contribution in [3.8, 4) is 22.3 Å². The molecule has 4 heteroatoms. The van der Waals surface area contributed by atoms with Gasteiger partial charge in [0, 0.05) is 12.2 Å². The topological polar surface area (TPSA) is 52.6 Å². The number of carbonyl (C=O) groups is 2. The first-order valence-electron chi connectivity index (χ1n) is 17.6. The first-order chi connectivity index (χ1) is 23.8. The van der Waals surface area contributed by atoms with Crippen molar-refractivity contribution in [2.24, 2.45) is 0 Å². The van der Waals surface area contributed by atoms with E-state index in [9.17, 15) is 9.59 Å². The Morgan fingerprint density at radius 2 is 1.02 bits per heavy atom. The molecule has 0 unspecified atom stereocenters. The van der Waals surface area contributed by atoms with Gasteiger partial charge in [0.15, 0.2) is 0 Å². The molecule has 0 fully saturated rings. The van der Waals surface area contributed by atoms with Crippen molar-refractivity contribution >= 4 is 33.5 Å². The average Bonchev–Trinajstić information content (AvgIpc) is 3.10. The number of carbonyl (C=O) groups excluding carboxylic acids is 2. The quantitative estimate of drug-likeness (QED) is 0.0575. The average molecular weight is 667 g/mol. The molecule has 0 heterocycles. The van der Waals surface area contributed by atoms with Crippen molar-refractivity contribution in [3.05, 3.63) is 132 Å². The van der Waals surface area contributed by atoms with Crippen molar-refractivity contribution < 1.29 is 19.1 Å². The third-order valence-corrected chi connectivity index (χ3v) is 9.40. The van der Waals surface area contributed by atoms with E-state index in [4.69, 9.17) is 9.47 Å². The fourth-order valence-corrected chi connectivity index (χ4v) is 6.44. The first kappa shape index (κ1) is 36.3. The second kappa shape index (κ2) is 15.3. The van der Waals surface area contributed by atoms with Crippen molar-refractivity contribution in [3.63, 3.8) is 0 Å². The van der Waals surface area contributed by atoms with Gasteiger partial charge in [0.1, 0.15) is 6.61 Å². The molecule has 5 rings (SSSR count). The molecule has 0 spiro atoms. The molecular weight excluding hydrogens is 617 g/mol. The molecule has 0 saturated heterocycles. The number of aryl methyl sites for hydroxylation is 1. The summed E-state index contributed by atoms with van der Waals surface area (Å²) in [7, 11) is 0. The van der Waals surface area contributed by atoms with E-state index in [1.54, 1.807) is 0 Å². The zero-order chi connectivity index (χ0) is 36.1. The highest BCUT2D eigenvalue weighted by Crippen LogP contribution is 2.46. The van der Waals surface area contributed by atoms with Gasteiger partial charge in [-0.05, 0) is 115 Å². The minimum absolute atomic E-state index is 0.0188. The number of benzene rings is 5. The maximum atomic E-state index is 11.7. The minimum Gasteiger partial charge on any atom is -0.463 e. The molecule has 0 amide bonds. The van der Waals surface area contributed by atoms with Gasteiger partial charge in [-0.3, -0.25) is 0 Å². The molecule has 5 aromatic rings. The molecule has 258 valence electrons. The fraction of sp³-hybridized carbons (Fsp3) is 0.304. The highest BCUT2D eigenvalue weighted by atomic mass is 16.5. The van der Waals surface area contributed by atoms with Crippen LogP contribution in [0.15, 0.2) is 110 Å². The number of unbranched alkanes of at least 4 members (excludes halogenated alkanes) is 2. The Kier molecular flexibility index (Phi) is 11.1. The SMILES string of the molecule is C=CC(=O)OCCCCCc1ccc(-c2c3ccc(C(C)(C)C)cc3c(-c3ccc(COC(=O)C=C)cc3)c3ccc(C(C)(C)C)cc23)cc1. The number of esters is 2. The van der Waals surface area contributed by atoms with Crippen LogP contribution >= 0.6 is 0 Å². The van der Waals surface area contributed by atoms with Crippen molar-refractivity contribution in [2.45, 2.75) is 84.7 Å². The van der Waals surface area contributed by atoms with E-state index in [2.05, 4.69) is 127 Å². The number of hydrogen-bond donors (Lipinski definition) is 0. The predicted octanol–water partition coefficient (Wildman–Crippen LogP) is 11.6. The third kappa shape index (κ3) is 8.42. The number of rotatable bonds is 12. The second-order valence-electron chi connectivity index (χ2n) is 15.2. The summed E-state index contributed by atoms with van der Waals surface area (Å²) in [6.07, 6.45) is 6.25. The Morgan fingerprint density at radius 1 is 0.560 bits per heavy atom. The lowest BCUT2D eigenvalue weighted by Crippen LogP contribution is -2.11. The molecule has 5 aromatic carbocycles. The van der Waals surface area contributed by atoms with E-state index in [-0.39, 0.29) is 23.4 Å². The summed E-state index contributed by atoms with van der Waals surface area (Å²) in [6, 6.07) is 31.4. The molecule has 0 saturated carbocycles. The highest BCUT2D eigenvalue weighted by Gasteiger charge is 2.22. The van der Waals surface area contributed by atoms with Crippen LogP contribution in [-0.4, -0.2) is 18.5 Å². The van der Waals surface area contributed by atoms with Crippen LogP contribution in [-0.2, 0) is 42.9 Å². The monoisotopic (exact) mass is 666 g/mol. The molecule has 0 aromatic heterocycles. The van der Waals surface area contributed by atoms with Gasteiger partial charge in [-0.15, -0.1) is 0 Å². The summed E-state index contributed by atoms with van der Waals surface area (Å²) < 4.78 is 10.4. The predicted molar refractivity (Wildman–Crippen MR) is 208 cm³/mol. The standard InChI is InChI=1S/C46H50O4/c1-9-41(47)49-27-13-11-12-14-31-15-19-33(20-16-31)43-37-25-23-36(46(6,7)8)29-40(37)44(38-26-24-35(28-39(38)43)45(3,4)5)34-21-17-32(18-22-34)30-50-42(48)10-2/h9-10,15-26,28-29H,1-2,11-14,27,30H2,3-8H3. The second-order valence-corrected chi connectivity index (χ2v) is 15.2. The van der Waals surface area contributed by atoms with Gasteiger partial charge < -0.3 is 9.47 Å². The van der Waals surface area contributed by atoms with Crippen LogP contribution in [0.25, 0.3) is 43.8 Å². The van der Waals surface area contributed by atoms with Crippen LogP contribution in [0, 0.1) is 0 Å². The Balaban J connectivity index is 1.63. The molecule has 0 N–H and O–H groups in total. The van der Waals surface area contributed by atoms with Crippen molar-refractivity contribution in [1.29, 1.82) is 0 Å². The lowest BCUT2D eigenvalue weighted by molar-refractivity contribution is -0.139. The molecular formula is C46H50O4. The normalized spacial score (nSPS) is 11.8. The van der Waals surface area contributed by atoms with Crippen LogP contribution in [0.4, 0.5) is 0 Å². The zero-order valence-corrected chi connectivity index (χ0v) is 30.5. The molecule has 4 nitrogen and oxygen atoms in total. The van der Waals surface area contributed by atoms with Crippen LogP contribution in [0.3, 0.4) is 0 Å². The van der Waals surface area contributed by atoms with Crippen LogP contribution < -0.4 is 0 Å². The van der Waals surface area contributed by atoms with Gasteiger partial charge in [-0.2, -0.15) is 0 Å². The molecule has 50 heavy (non-hydrogen) atoms. The van der Waals surface area contributed by atoms with Crippen molar-refractivity contribution in [1.82, 2.24) is 0 Å². The van der Waals surface area contributed by atoms with E-state index >= 15 is 0 Å². The number of fused-ring (bicyclic) bond motifs is 2. The van der Waals surface area contributed by atoms with E-state index in [1.165, 1.54) is 67.1 Å². The van der Waals surface area contributed by atoms with E-state index in [0.717, 1.165) is 36.8 Å².